The van der Waals surface area contributed by atoms with Crippen LogP contribution in [0.15, 0.2) is 30.3 Å². The van der Waals surface area contributed by atoms with E-state index in [9.17, 15) is 9.00 Å². The number of benzene rings is 1. The smallest absolute Gasteiger partial charge is 0.252 e. The molecule has 1 aromatic carbocycles. The first kappa shape index (κ1) is 14.9. The van der Waals surface area contributed by atoms with E-state index in [1.54, 1.807) is 12.3 Å². The van der Waals surface area contributed by atoms with Crippen LogP contribution >= 0.6 is 11.6 Å². The third kappa shape index (κ3) is 3.55. The highest BCUT2D eigenvalue weighted by Gasteiger charge is 2.15. The first-order chi connectivity index (χ1) is 9.47. The fourth-order valence-electron chi connectivity index (χ4n) is 2.03. The van der Waals surface area contributed by atoms with Gasteiger partial charge in [-0.15, -0.1) is 0 Å². The highest BCUT2D eigenvalue weighted by atomic mass is 35.5. The molecule has 4 nitrogen and oxygen atoms in total. The number of pyridine rings is 1. The van der Waals surface area contributed by atoms with Crippen molar-refractivity contribution in [2.45, 2.75) is 13.0 Å². The van der Waals surface area contributed by atoms with Gasteiger partial charge in [-0.2, -0.15) is 0 Å². The van der Waals surface area contributed by atoms with E-state index in [2.05, 4.69) is 10.3 Å². The highest BCUT2D eigenvalue weighted by Crippen LogP contribution is 2.20. The average molecular weight is 311 g/mol. The lowest BCUT2D eigenvalue weighted by molar-refractivity contribution is 0.0945. The van der Waals surface area contributed by atoms with E-state index in [4.69, 9.17) is 11.6 Å². The Morgan fingerprint density at radius 1 is 1.45 bits per heavy atom. The Hall–Kier alpha value is -1.46. The van der Waals surface area contributed by atoms with E-state index in [1.807, 2.05) is 31.2 Å². The summed E-state index contributed by atoms with van der Waals surface area (Å²) in [6.07, 6.45) is 1.61. The van der Waals surface area contributed by atoms with Crippen LogP contribution in [0.4, 0.5) is 0 Å². The molecular formula is C14H15ClN2O2S. The predicted molar refractivity (Wildman–Crippen MR) is 82.6 cm³/mol. The largest absolute Gasteiger partial charge is 0.349 e. The summed E-state index contributed by atoms with van der Waals surface area (Å²) in [5.41, 5.74) is 1.16. The summed E-state index contributed by atoms with van der Waals surface area (Å²) in [7, 11) is -0.953. The van der Waals surface area contributed by atoms with Crippen LogP contribution in [0.2, 0.25) is 5.15 Å². The number of nitrogens with zero attached hydrogens (tertiary/aromatic N) is 1. The number of aromatic nitrogens is 1. The SMILES string of the molecule is CC(CS(C)=O)NC(=O)c1cc(Cl)nc2ccccc12. The van der Waals surface area contributed by atoms with Gasteiger partial charge in [-0.3, -0.25) is 9.00 Å². The van der Waals surface area contributed by atoms with Gasteiger partial charge >= 0.3 is 0 Å². The average Bonchev–Trinajstić information content (AvgIpc) is 2.36. The first-order valence-corrected chi connectivity index (χ1v) is 8.24. The lowest BCUT2D eigenvalue weighted by Crippen LogP contribution is -2.36. The third-order valence-electron chi connectivity index (χ3n) is 2.79. The Morgan fingerprint density at radius 2 is 2.15 bits per heavy atom. The van der Waals surface area contributed by atoms with Crippen LogP contribution in [0.1, 0.15) is 17.3 Å². The Kier molecular flexibility index (Phi) is 4.73. The van der Waals surface area contributed by atoms with Crippen LogP contribution in [0, 0.1) is 0 Å². The van der Waals surface area contributed by atoms with E-state index in [1.165, 1.54) is 0 Å². The Morgan fingerprint density at radius 3 is 2.85 bits per heavy atom. The zero-order valence-corrected chi connectivity index (χ0v) is 12.8. The van der Waals surface area contributed by atoms with Gasteiger partial charge in [0, 0.05) is 34.2 Å². The Bertz CT molecular complexity index is 675. The molecule has 0 saturated carbocycles. The molecule has 2 rings (SSSR count). The van der Waals surface area contributed by atoms with Crippen molar-refractivity contribution in [2.24, 2.45) is 0 Å². The minimum absolute atomic E-state index is 0.168. The van der Waals surface area contributed by atoms with Gasteiger partial charge in [-0.25, -0.2) is 4.98 Å². The van der Waals surface area contributed by atoms with Crippen LogP contribution in [-0.2, 0) is 10.8 Å². The Labute approximate surface area is 125 Å². The standard InChI is InChI=1S/C14H15ClN2O2S/c1-9(8-20(2)19)16-14(18)11-7-13(15)17-12-6-4-3-5-10(11)12/h3-7,9H,8H2,1-2H3,(H,16,18). The molecule has 1 amide bonds. The van der Waals surface area contributed by atoms with Crippen LogP contribution in [0.3, 0.4) is 0 Å². The topological polar surface area (TPSA) is 59.1 Å². The number of carbonyl (C=O) groups is 1. The second-order valence-corrected chi connectivity index (χ2v) is 6.49. The van der Waals surface area contributed by atoms with E-state index in [0.717, 1.165) is 5.39 Å². The maximum atomic E-state index is 12.3. The van der Waals surface area contributed by atoms with Gasteiger partial charge in [0.25, 0.3) is 5.91 Å². The fraction of sp³-hybridized carbons (Fsp3) is 0.286. The van der Waals surface area contributed by atoms with Crippen LogP contribution < -0.4 is 5.32 Å². The van der Waals surface area contributed by atoms with E-state index in [0.29, 0.717) is 16.8 Å². The van der Waals surface area contributed by atoms with Crippen LogP contribution in [0.5, 0.6) is 0 Å². The molecular weight excluding hydrogens is 296 g/mol. The molecule has 20 heavy (non-hydrogen) atoms. The maximum Gasteiger partial charge on any atom is 0.252 e. The molecule has 0 aliphatic rings. The molecule has 2 unspecified atom stereocenters. The van der Waals surface area contributed by atoms with Crippen molar-refractivity contribution in [1.82, 2.24) is 10.3 Å². The van der Waals surface area contributed by atoms with Crippen LogP contribution in [-0.4, -0.2) is 33.2 Å². The summed E-state index contributed by atoms with van der Waals surface area (Å²) in [5, 5.41) is 3.86. The van der Waals surface area contributed by atoms with Gasteiger partial charge < -0.3 is 5.32 Å². The number of nitrogens with one attached hydrogen (secondary N) is 1. The van der Waals surface area contributed by atoms with E-state index >= 15 is 0 Å². The summed E-state index contributed by atoms with van der Waals surface area (Å²) >= 11 is 5.95. The second kappa shape index (κ2) is 6.33. The highest BCUT2D eigenvalue weighted by molar-refractivity contribution is 7.84. The summed E-state index contributed by atoms with van der Waals surface area (Å²) in [6.45, 7) is 1.82. The fourth-order valence-corrected chi connectivity index (χ4v) is 3.01. The van der Waals surface area contributed by atoms with Gasteiger partial charge in [-0.05, 0) is 19.1 Å². The molecule has 0 radical (unpaired) electrons. The molecule has 106 valence electrons. The number of hydrogen-bond donors (Lipinski definition) is 1. The molecule has 2 aromatic rings. The lowest BCUT2D eigenvalue weighted by atomic mass is 10.1. The van der Waals surface area contributed by atoms with Crippen molar-refractivity contribution < 1.29 is 9.00 Å². The predicted octanol–water partition coefficient (Wildman–Crippen LogP) is 2.38. The molecule has 0 aliphatic heterocycles. The van der Waals surface area contributed by atoms with Gasteiger partial charge in [-0.1, -0.05) is 29.8 Å². The normalized spacial score (nSPS) is 13.9. The number of carbonyl (C=O) groups excluding carboxylic acids is 1. The molecule has 2 atom stereocenters. The van der Waals surface area contributed by atoms with Crippen molar-refractivity contribution in [3.8, 4) is 0 Å². The van der Waals surface area contributed by atoms with E-state index in [-0.39, 0.29) is 17.1 Å². The molecule has 1 heterocycles. The number of halogens is 1. The number of amides is 1. The van der Waals surface area contributed by atoms with Crippen LogP contribution in [0.25, 0.3) is 10.9 Å². The van der Waals surface area contributed by atoms with Gasteiger partial charge in [0.05, 0.1) is 11.1 Å². The number of hydrogen-bond acceptors (Lipinski definition) is 3. The number of rotatable bonds is 4. The van der Waals surface area contributed by atoms with Gasteiger partial charge in [0.2, 0.25) is 0 Å². The van der Waals surface area contributed by atoms with E-state index < -0.39 is 10.8 Å². The third-order valence-corrected chi connectivity index (χ3v) is 3.95. The van der Waals surface area contributed by atoms with Crippen molar-refractivity contribution in [3.05, 3.63) is 41.0 Å². The first-order valence-electron chi connectivity index (χ1n) is 6.13. The number of para-hydroxylation sites is 1. The molecule has 6 heteroatoms. The molecule has 0 spiro atoms. The number of fused-ring (bicyclic) bond motifs is 1. The molecule has 1 N–H and O–H groups in total. The van der Waals surface area contributed by atoms with Crippen molar-refractivity contribution >= 4 is 39.2 Å². The monoisotopic (exact) mass is 310 g/mol. The van der Waals surface area contributed by atoms with Crippen molar-refractivity contribution in [2.75, 3.05) is 12.0 Å². The quantitative estimate of drug-likeness (QED) is 0.882. The van der Waals surface area contributed by atoms with Gasteiger partial charge in [0.15, 0.2) is 0 Å². The van der Waals surface area contributed by atoms with Gasteiger partial charge in [0.1, 0.15) is 5.15 Å². The summed E-state index contributed by atoms with van der Waals surface area (Å²) in [4.78, 5) is 16.5. The lowest BCUT2D eigenvalue weighted by Gasteiger charge is -2.13. The minimum Gasteiger partial charge on any atom is -0.349 e. The minimum atomic E-state index is -0.953. The molecule has 0 fully saturated rings. The summed E-state index contributed by atoms with van der Waals surface area (Å²) in [5.74, 6) is 0.186. The summed E-state index contributed by atoms with van der Waals surface area (Å²) in [6, 6.07) is 8.71. The van der Waals surface area contributed by atoms with Crippen molar-refractivity contribution in [1.29, 1.82) is 0 Å². The summed E-state index contributed by atoms with van der Waals surface area (Å²) < 4.78 is 11.2. The Balaban J connectivity index is 2.32. The zero-order chi connectivity index (χ0) is 14.7. The van der Waals surface area contributed by atoms with Crippen molar-refractivity contribution in [3.63, 3.8) is 0 Å². The molecule has 0 bridgehead atoms. The second-order valence-electron chi connectivity index (χ2n) is 4.62. The molecule has 1 aromatic heterocycles. The molecule has 0 aliphatic carbocycles. The zero-order valence-electron chi connectivity index (χ0n) is 11.2. The molecule has 0 saturated heterocycles. The maximum absolute atomic E-state index is 12.3.